The fraction of sp³-hybridized carbons (Fsp3) is 0.368. The lowest BCUT2D eigenvalue weighted by atomic mass is 10.0. The quantitative estimate of drug-likeness (QED) is 0.824. The Kier molecular flexibility index (Phi) is 5.58. The van der Waals surface area contributed by atoms with Crippen molar-refractivity contribution in [1.29, 1.82) is 0 Å². The van der Waals surface area contributed by atoms with Crippen LogP contribution in [0.4, 0.5) is 0 Å². The van der Waals surface area contributed by atoms with Gasteiger partial charge in [0.2, 0.25) is 5.43 Å². The predicted octanol–water partition coefficient (Wildman–Crippen LogP) is 4.25. The molecule has 1 aromatic carbocycles. The largest absolute Gasteiger partial charge is 0.503 e. The second-order valence-electron chi connectivity index (χ2n) is 6.51. The molecular formula is C19H20Cl2N2O3. The highest BCUT2D eigenvalue weighted by atomic mass is 35.5. The summed E-state index contributed by atoms with van der Waals surface area (Å²) in [6, 6.07) is 6.55. The summed E-state index contributed by atoms with van der Waals surface area (Å²) < 4.78 is 1.74. The third-order valence-electron chi connectivity index (χ3n) is 4.67. The molecular weight excluding hydrogens is 375 g/mol. The van der Waals surface area contributed by atoms with E-state index in [2.05, 4.69) is 6.92 Å². The van der Waals surface area contributed by atoms with Crippen LogP contribution >= 0.6 is 23.2 Å². The van der Waals surface area contributed by atoms with Gasteiger partial charge in [-0.05, 0) is 24.1 Å². The van der Waals surface area contributed by atoms with Gasteiger partial charge in [0, 0.05) is 25.4 Å². The molecule has 1 aromatic heterocycles. The Labute approximate surface area is 161 Å². The molecule has 1 atom stereocenters. The second kappa shape index (κ2) is 7.72. The van der Waals surface area contributed by atoms with Crippen LogP contribution in [-0.2, 0) is 6.54 Å². The fourth-order valence-electron chi connectivity index (χ4n) is 3.30. The SMILES string of the molecule is CCCCC1CN(Cc2ccc(Cl)c(Cl)c2)C(=O)c2c(O)c(=O)ccn21. The smallest absolute Gasteiger partial charge is 0.274 e. The van der Waals surface area contributed by atoms with Crippen molar-refractivity contribution in [1.82, 2.24) is 9.47 Å². The molecule has 1 N–H and O–H groups in total. The van der Waals surface area contributed by atoms with Crippen LogP contribution in [0, 0.1) is 0 Å². The summed E-state index contributed by atoms with van der Waals surface area (Å²) in [4.78, 5) is 26.4. The number of rotatable bonds is 5. The van der Waals surface area contributed by atoms with Crippen molar-refractivity contribution in [3.8, 4) is 5.75 Å². The first-order valence-corrected chi connectivity index (χ1v) is 9.35. The lowest BCUT2D eigenvalue weighted by Gasteiger charge is -2.36. The molecule has 0 radical (unpaired) electrons. The molecule has 2 aromatic rings. The lowest BCUT2D eigenvalue weighted by Crippen LogP contribution is -2.43. The molecule has 1 aliphatic rings. The van der Waals surface area contributed by atoms with Gasteiger partial charge in [-0.2, -0.15) is 0 Å². The summed E-state index contributed by atoms with van der Waals surface area (Å²) in [7, 11) is 0. The monoisotopic (exact) mass is 394 g/mol. The molecule has 7 heteroatoms. The summed E-state index contributed by atoms with van der Waals surface area (Å²) in [6.45, 7) is 2.94. The predicted molar refractivity (Wildman–Crippen MR) is 102 cm³/mol. The van der Waals surface area contributed by atoms with Gasteiger partial charge in [-0.1, -0.05) is 49.0 Å². The molecule has 0 fully saturated rings. The highest BCUT2D eigenvalue weighted by molar-refractivity contribution is 6.42. The number of nitrogens with zero attached hydrogens (tertiary/aromatic N) is 2. The number of benzene rings is 1. The summed E-state index contributed by atoms with van der Waals surface area (Å²) >= 11 is 12.0. The van der Waals surface area contributed by atoms with Gasteiger partial charge in [-0.15, -0.1) is 0 Å². The van der Waals surface area contributed by atoms with Crippen LogP contribution in [0.25, 0.3) is 0 Å². The van der Waals surface area contributed by atoms with E-state index in [1.54, 1.807) is 27.8 Å². The Balaban J connectivity index is 1.96. The Bertz CT molecular complexity index is 895. The first kappa shape index (κ1) is 18.8. The minimum absolute atomic E-state index is 0.0110. The average molecular weight is 395 g/mol. The van der Waals surface area contributed by atoms with Crippen molar-refractivity contribution in [2.45, 2.75) is 38.8 Å². The van der Waals surface area contributed by atoms with Gasteiger partial charge in [0.25, 0.3) is 5.91 Å². The van der Waals surface area contributed by atoms with Gasteiger partial charge in [0.05, 0.1) is 16.1 Å². The zero-order valence-corrected chi connectivity index (χ0v) is 15.9. The molecule has 0 saturated heterocycles. The van der Waals surface area contributed by atoms with Gasteiger partial charge in [-0.3, -0.25) is 9.59 Å². The fourth-order valence-corrected chi connectivity index (χ4v) is 3.62. The van der Waals surface area contributed by atoms with Crippen LogP contribution in [-0.4, -0.2) is 27.0 Å². The van der Waals surface area contributed by atoms with Crippen molar-refractivity contribution in [2.75, 3.05) is 6.54 Å². The standard InChI is InChI=1S/C19H20Cl2N2O3/c1-2-3-4-13-11-22(10-12-5-6-14(20)15(21)9-12)19(26)17-18(25)16(24)7-8-23(13)17/h5-9,13,25H,2-4,10-11H2,1H3. The second-order valence-corrected chi connectivity index (χ2v) is 7.33. The maximum atomic E-state index is 12.9. The zero-order chi connectivity index (χ0) is 18.8. The molecule has 3 rings (SSSR count). The summed E-state index contributed by atoms with van der Waals surface area (Å²) in [6.07, 6.45) is 4.48. The molecule has 1 aliphatic heterocycles. The zero-order valence-electron chi connectivity index (χ0n) is 14.4. The maximum absolute atomic E-state index is 12.9. The summed E-state index contributed by atoms with van der Waals surface area (Å²) in [5.41, 5.74) is 0.355. The highest BCUT2D eigenvalue weighted by Crippen LogP contribution is 2.30. The van der Waals surface area contributed by atoms with Gasteiger partial charge >= 0.3 is 0 Å². The van der Waals surface area contributed by atoms with Gasteiger partial charge in [0.1, 0.15) is 0 Å². The first-order valence-electron chi connectivity index (χ1n) is 8.59. The van der Waals surface area contributed by atoms with E-state index >= 15 is 0 Å². The number of aromatic hydroxyl groups is 1. The minimum atomic E-state index is -0.546. The van der Waals surface area contributed by atoms with Crippen LogP contribution in [0.3, 0.4) is 0 Å². The number of aromatic nitrogens is 1. The Morgan fingerprint density at radius 1 is 1.19 bits per heavy atom. The molecule has 0 bridgehead atoms. The number of amides is 1. The number of pyridine rings is 1. The molecule has 1 unspecified atom stereocenters. The molecule has 5 nitrogen and oxygen atoms in total. The van der Waals surface area contributed by atoms with E-state index in [-0.39, 0.29) is 17.6 Å². The van der Waals surface area contributed by atoms with Crippen LogP contribution in [0.2, 0.25) is 10.0 Å². The third kappa shape index (κ3) is 3.60. The molecule has 0 saturated carbocycles. The van der Waals surface area contributed by atoms with E-state index in [1.807, 2.05) is 6.07 Å². The van der Waals surface area contributed by atoms with E-state index in [9.17, 15) is 14.7 Å². The highest BCUT2D eigenvalue weighted by Gasteiger charge is 2.33. The van der Waals surface area contributed by atoms with Crippen molar-refractivity contribution in [3.63, 3.8) is 0 Å². The van der Waals surface area contributed by atoms with Gasteiger partial charge < -0.3 is 14.6 Å². The Morgan fingerprint density at radius 3 is 2.65 bits per heavy atom. The van der Waals surface area contributed by atoms with E-state index in [1.165, 1.54) is 6.07 Å². The van der Waals surface area contributed by atoms with Gasteiger partial charge in [0.15, 0.2) is 11.4 Å². The van der Waals surface area contributed by atoms with E-state index < -0.39 is 11.2 Å². The molecule has 26 heavy (non-hydrogen) atoms. The van der Waals surface area contributed by atoms with Crippen molar-refractivity contribution < 1.29 is 9.90 Å². The van der Waals surface area contributed by atoms with E-state index in [4.69, 9.17) is 23.2 Å². The van der Waals surface area contributed by atoms with Crippen molar-refractivity contribution in [3.05, 3.63) is 62.0 Å². The number of hydrogen-bond acceptors (Lipinski definition) is 3. The first-order chi connectivity index (χ1) is 12.4. The van der Waals surface area contributed by atoms with Crippen LogP contribution in [0.15, 0.2) is 35.3 Å². The summed E-state index contributed by atoms with van der Waals surface area (Å²) in [5.74, 6) is -0.850. The molecule has 0 aliphatic carbocycles. The number of hydrogen-bond donors (Lipinski definition) is 1. The minimum Gasteiger partial charge on any atom is -0.503 e. The molecule has 138 valence electrons. The van der Waals surface area contributed by atoms with Crippen LogP contribution in [0.1, 0.15) is 48.3 Å². The van der Waals surface area contributed by atoms with Crippen molar-refractivity contribution >= 4 is 29.1 Å². The lowest BCUT2D eigenvalue weighted by molar-refractivity contribution is 0.0638. The topological polar surface area (TPSA) is 62.5 Å². The van der Waals surface area contributed by atoms with E-state index in [0.717, 1.165) is 24.8 Å². The molecule has 0 spiro atoms. The Morgan fingerprint density at radius 2 is 1.96 bits per heavy atom. The molecule has 2 heterocycles. The number of unbranched alkanes of at least 4 members (excludes halogenated alkanes) is 1. The van der Waals surface area contributed by atoms with Crippen molar-refractivity contribution in [2.24, 2.45) is 0 Å². The van der Waals surface area contributed by atoms with E-state index in [0.29, 0.717) is 23.1 Å². The third-order valence-corrected chi connectivity index (χ3v) is 5.40. The molecule has 1 amide bonds. The average Bonchev–Trinajstić information content (AvgIpc) is 2.62. The number of carbonyl (C=O) groups is 1. The van der Waals surface area contributed by atoms with Gasteiger partial charge in [-0.25, -0.2) is 0 Å². The van der Waals surface area contributed by atoms with Crippen LogP contribution in [0.5, 0.6) is 5.75 Å². The number of fused-ring (bicyclic) bond motifs is 1. The number of halogens is 2. The Hall–Kier alpha value is -1.98. The maximum Gasteiger partial charge on any atom is 0.274 e. The summed E-state index contributed by atoms with van der Waals surface area (Å²) in [5, 5.41) is 11.1. The van der Waals surface area contributed by atoms with Crippen LogP contribution < -0.4 is 5.43 Å². The normalized spacial score (nSPS) is 16.7. The number of carbonyl (C=O) groups excluding carboxylic acids is 1.